The molecule has 28 heavy (non-hydrogen) atoms. The zero-order chi connectivity index (χ0) is 20.5. The molecule has 0 saturated carbocycles. The number of carbonyl (C=O) groups excluding carboxylic acids is 1. The molecule has 1 aliphatic heterocycles. The lowest BCUT2D eigenvalue weighted by Crippen LogP contribution is -2.34. The molecule has 0 aromatic carbocycles. The molecule has 3 heterocycles. The van der Waals surface area contributed by atoms with Gasteiger partial charge in [0.15, 0.2) is 11.3 Å². The third-order valence-electron chi connectivity index (χ3n) is 4.54. The number of alkyl halides is 3. The molecule has 3 rings (SSSR count). The minimum atomic E-state index is -4.75. The number of aromatic nitrogens is 3. The van der Waals surface area contributed by atoms with Crippen molar-refractivity contribution in [2.24, 2.45) is 0 Å². The van der Waals surface area contributed by atoms with Gasteiger partial charge >= 0.3 is 6.18 Å². The summed E-state index contributed by atoms with van der Waals surface area (Å²) < 4.78 is 41.1. The van der Waals surface area contributed by atoms with Crippen LogP contribution < -0.4 is 0 Å². The summed E-state index contributed by atoms with van der Waals surface area (Å²) in [7, 11) is 1.95. The Balaban J connectivity index is 2.11. The summed E-state index contributed by atoms with van der Waals surface area (Å²) in [5.41, 5.74) is -1.74. The SMILES string of the molecule is C=C/C=C(\O)c1cc(C(F)(F)F)n2ncc(C(=O)N3CCCN(C)CC3)c2n1. The summed E-state index contributed by atoms with van der Waals surface area (Å²) in [6.45, 7) is 5.86. The van der Waals surface area contributed by atoms with Crippen LogP contribution in [0.2, 0.25) is 0 Å². The van der Waals surface area contributed by atoms with Crippen LogP contribution in [0.15, 0.2) is 31.0 Å². The number of aliphatic hydroxyl groups is 1. The van der Waals surface area contributed by atoms with Crippen LogP contribution in [0.1, 0.15) is 28.2 Å². The Bertz CT molecular complexity index is 935. The number of halogens is 3. The molecule has 0 bridgehead atoms. The summed E-state index contributed by atoms with van der Waals surface area (Å²) in [6, 6.07) is 0.685. The number of amides is 1. The number of fused-ring (bicyclic) bond motifs is 1. The van der Waals surface area contributed by atoms with Gasteiger partial charge in [0.05, 0.1) is 6.20 Å². The number of likely N-dealkylation sites (N-methyl/N-ethyl adjacent to an activating group) is 1. The minimum absolute atomic E-state index is 0.0386. The van der Waals surface area contributed by atoms with E-state index in [-0.39, 0.29) is 16.9 Å². The molecule has 7 nitrogen and oxygen atoms in total. The fourth-order valence-electron chi connectivity index (χ4n) is 3.06. The maximum atomic E-state index is 13.5. The first-order valence-electron chi connectivity index (χ1n) is 8.68. The molecule has 150 valence electrons. The average Bonchev–Trinajstić information content (AvgIpc) is 2.94. The van der Waals surface area contributed by atoms with E-state index in [0.717, 1.165) is 25.2 Å². The molecule has 1 amide bonds. The average molecular weight is 395 g/mol. The standard InChI is InChI=1S/C18H20F3N5O2/c1-3-5-14(27)13-10-15(18(19,20)21)26-16(23-13)12(11-22-26)17(28)25-7-4-6-24(2)8-9-25/h3,5,10-11,27H,1,4,6-9H2,2H3/b14-5-. The molecule has 0 atom stereocenters. The van der Waals surface area contributed by atoms with Gasteiger partial charge in [-0.25, -0.2) is 9.50 Å². The highest BCUT2D eigenvalue weighted by atomic mass is 19.4. The van der Waals surface area contributed by atoms with Crippen LogP contribution in [0.25, 0.3) is 11.4 Å². The van der Waals surface area contributed by atoms with E-state index >= 15 is 0 Å². The summed E-state index contributed by atoms with van der Waals surface area (Å²) >= 11 is 0. The third-order valence-corrected chi connectivity index (χ3v) is 4.54. The van der Waals surface area contributed by atoms with Gasteiger partial charge in [0.1, 0.15) is 17.0 Å². The van der Waals surface area contributed by atoms with Gasteiger partial charge in [-0.1, -0.05) is 12.7 Å². The van der Waals surface area contributed by atoms with Gasteiger partial charge in [-0.2, -0.15) is 18.3 Å². The van der Waals surface area contributed by atoms with E-state index in [1.807, 2.05) is 7.05 Å². The van der Waals surface area contributed by atoms with Crippen LogP contribution in [0.3, 0.4) is 0 Å². The second-order valence-corrected chi connectivity index (χ2v) is 6.55. The predicted molar refractivity (Wildman–Crippen MR) is 96.8 cm³/mol. The zero-order valence-corrected chi connectivity index (χ0v) is 15.3. The first-order chi connectivity index (χ1) is 13.2. The highest BCUT2D eigenvalue weighted by molar-refractivity contribution is 5.99. The second kappa shape index (κ2) is 7.63. The number of aliphatic hydroxyl groups excluding tert-OH is 1. The predicted octanol–water partition coefficient (Wildman–Crippen LogP) is 2.61. The molecule has 0 aliphatic carbocycles. The van der Waals surface area contributed by atoms with Crippen molar-refractivity contribution in [3.05, 3.63) is 47.9 Å². The maximum Gasteiger partial charge on any atom is 0.433 e. The van der Waals surface area contributed by atoms with Gasteiger partial charge in [-0.3, -0.25) is 4.79 Å². The maximum absolute atomic E-state index is 13.5. The molecule has 0 radical (unpaired) electrons. The first kappa shape index (κ1) is 19.9. The minimum Gasteiger partial charge on any atom is -0.506 e. The lowest BCUT2D eigenvalue weighted by molar-refractivity contribution is -0.142. The summed E-state index contributed by atoms with van der Waals surface area (Å²) in [4.78, 5) is 20.7. The number of hydrogen-bond acceptors (Lipinski definition) is 5. The quantitative estimate of drug-likeness (QED) is 0.639. The number of allylic oxidation sites excluding steroid dienone is 2. The van der Waals surface area contributed by atoms with Crippen molar-refractivity contribution < 1.29 is 23.1 Å². The molecule has 1 N–H and O–H groups in total. The lowest BCUT2D eigenvalue weighted by Gasteiger charge is -2.20. The van der Waals surface area contributed by atoms with Crippen molar-refractivity contribution in [1.82, 2.24) is 24.4 Å². The molecular formula is C18H20F3N5O2. The van der Waals surface area contributed by atoms with Crippen molar-refractivity contribution in [3.8, 4) is 0 Å². The van der Waals surface area contributed by atoms with E-state index < -0.39 is 23.5 Å². The van der Waals surface area contributed by atoms with Crippen molar-refractivity contribution >= 4 is 17.3 Å². The summed E-state index contributed by atoms with van der Waals surface area (Å²) in [6.07, 6.45) is -0.544. The Morgan fingerprint density at radius 3 is 2.71 bits per heavy atom. The lowest BCUT2D eigenvalue weighted by atomic mass is 10.2. The third kappa shape index (κ3) is 3.86. The van der Waals surface area contributed by atoms with Crippen LogP contribution in [0, 0.1) is 0 Å². The highest BCUT2D eigenvalue weighted by Crippen LogP contribution is 2.31. The molecule has 1 fully saturated rings. The fraction of sp³-hybridized carbons (Fsp3) is 0.389. The summed E-state index contributed by atoms with van der Waals surface area (Å²) in [5, 5.41) is 13.7. The molecule has 1 aliphatic rings. The van der Waals surface area contributed by atoms with Gasteiger partial charge in [0.2, 0.25) is 0 Å². The van der Waals surface area contributed by atoms with Crippen LogP contribution in [-0.4, -0.2) is 68.6 Å². The van der Waals surface area contributed by atoms with Crippen molar-refractivity contribution in [1.29, 1.82) is 0 Å². The molecule has 0 spiro atoms. The van der Waals surface area contributed by atoms with Crippen LogP contribution in [-0.2, 0) is 6.18 Å². The molecule has 0 unspecified atom stereocenters. The van der Waals surface area contributed by atoms with E-state index in [1.54, 1.807) is 4.90 Å². The van der Waals surface area contributed by atoms with Gasteiger partial charge < -0.3 is 14.9 Å². The number of carbonyl (C=O) groups is 1. The Labute approximate surface area is 159 Å². The van der Waals surface area contributed by atoms with E-state index in [0.29, 0.717) is 30.2 Å². The monoisotopic (exact) mass is 395 g/mol. The Morgan fingerprint density at radius 1 is 1.29 bits per heavy atom. The van der Waals surface area contributed by atoms with E-state index in [2.05, 4.69) is 21.6 Å². The van der Waals surface area contributed by atoms with Crippen LogP contribution in [0.5, 0.6) is 0 Å². The Kier molecular flexibility index (Phi) is 5.41. The van der Waals surface area contributed by atoms with Gasteiger partial charge in [0.25, 0.3) is 5.91 Å². The molecule has 1 saturated heterocycles. The number of nitrogens with zero attached hydrogens (tertiary/aromatic N) is 5. The fourth-order valence-corrected chi connectivity index (χ4v) is 3.06. The van der Waals surface area contributed by atoms with Crippen molar-refractivity contribution in [3.63, 3.8) is 0 Å². The Morgan fingerprint density at radius 2 is 2.04 bits per heavy atom. The summed E-state index contributed by atoms with van der Waals surface area (Å²) in [5.74, 6) is -0.922. The second-order valence-electron chi connectivity index (χ2n) is 6.55. The molecule has 2 aromatic heterocycles. The molecular weight excluding hydrogens is 375 g/mol. The van der Waals surface area contributed by atoms with Crippen molar-refractivity contribution in [2.45, 2.75) is 12.6 Å². The van der Waals surface area contributed by atoms with Gasteiger partial charge in [-0.15, -0.1) is 0 Å². The number of hydrogen-bond donors (Lipinski definition) is 1. The van der Waals surface area contributed by atoms with Gasteiger partial charge in [-0.05, 0) is 32.2 Å². The molecule has 10 heteroatoms. The van der Waals surface area contributed by atoms with Gasteiger partial charge in [0, 0.05) is 19.6 Å². The van der Waals surface area contributed by atoms with E-state index in [4.69, 9.17) is 0 Å². The van der Waals surface area contributed by atoms with E-state index in [1.165, 1.54) is 6.08 Å². The van der Waals surface area contributed by atoms with Crippen LogP contribution >= 0.6 is 0 Å². The smallest absolute Gasteiger partial charge is 0.433 e. The van der Waals surface area contributed by atoms with E-state index in [9.17, 15) is 23.1 Å². The molecule has 2 aromatic rings. The van der Waals surface area contributed by atoms with Crippen LogP contribution in [0.4, 0.5) is 13.2 Å². The topological polar surface area (TPSA) is 74.0 Å². The number of rotatable bonds is 3. The van der Waals surface area contributed by atoms with Crippen molar-refractivity contribution in [2.75, 3.05) is 33.2 Å². The Hall–Kier alpha value is -2.88. The normalized spacial score (nSPS) is 17.0. The largest absolute Gasteiger partial charge is 0.506 e. The zero-order valence-electron chi connectivity index (χ0n) is 15.3. The highest BCUT2D eigenvalue weighted by Gasteiger charge is 2.36. The first-order valence-corrected chi connectivity index (χ1v) is 8.68.